The molecule has 36 heavy (non-hydrogen) atoms. The molecule has 0 spiro atoms. The summed E-state index contributed by atoms with van der Waals surface area (Å²) in [6.45, 7) is 4.01. The number of rotatable bonds is 12. The zero-order valence-corrected chi connectivity index (χ0v) is 22.5. The molecule has 1 aromatic heterocycles. The summed E-state index contributed by atoms with van der Waals surface area (Å²) >= 11 is 20.4. The van der Waals surface area contributed by atoms with Crippen molar-refractivity contribution in [2.45, 2.75) is 25.2 Å². The second kappa shape index (κ2) is 13.2. The molecule has 0 saturated heterocycles. The highest BCUT2D eigenvalue weighted by Crippen LogP contribution is 2.37. The fourth-order valence-corrected chi connectivity index (χ4v) is 4.90. The van der Waals surface area contributed by atoms with E-state index in [0.717, 1.165) is 34.3 Å². The van der Waals surface area contributed by atoms with Crippen molar-refractivity contribution in [2.75, 3.05) is 18.9 Å². The van der Waals surface area contributed by atoms with Gasteiger partial charge in [-0.3, -0.25) is 0 Å². The largest absolute Gasteiger partial charge is 0.490 e. The van der Waals surface area contributed by atoms with Crippen LogP contribution in [0.1, 0.15) is 18.1 Å². The molecular formula is C25H24Cl3N5O2S. The van der Waals surface area contributed by atoms with Crippen molar-refractivity contribution in [2.24, 2.45) is 0 Å². The lowest BCUT2D eigenvalue weighted by Crippen LogP contribution is -2.17. The Morgan fingerprint density at radius 2 is 1.81 bits per heavy atom. The predicted octanol–water partition coefficient (Wildman–Crippen LogP) is 6.48. The molecule has 1 heterocycles. The van der Waals surface area contributed by atoms with Crippen LogP contribution in [0.3, 0.4) is 0 Å². The number of benzene rings is 3. The van der Waals surface area contributed by atoms with Gasteiger partial charge in [-0.05, 0) is 59.3 Å². The van der Waals surface area contributed by atoms with E-state index >= 15 is 0 Å². The fraction of sp³-hybridized carbons (Fsp3) is 0.240. The molecule has 11 heteroatoms. The molecular weight excluding hydrogens is 541 g/mol. The third-order valence-electron chi connectivity index (χ3n) is 5.04. The van der Waals surface area contributed by atoms with E-state index in [9.17, 15) is 0 Å². The number of hydrogen-bond donors (Lipinski definition) is 1. The van der Waals surface area contributed by atoms with Gasteiger partial charge in [-0.2, -0.15) is 4.68 Å². The summed E-state index contributed by atoms with van der Waals surface area (Å²) in [4.78, 5) is 0. The lowest BCUT2D eigenvalue weighted by atomic mass is 10.2. The van der Waals surface area contributed by atoms with Gasteiger partial charge >= 0.3 is 0 Å². The number of ether oxygens (including phenoxy) is 2. The number of halogens is 3. The van der Waals surface area contributed by atoms with Crippen LogP contribution in [0.5, 0.6) is 11.5 Å². The number of nitrogens with zero attached hydrogens (tertiary/aromatic N) is 4. The van der Waals surface area contributed by atoms with Crippen LogP contribution in [0.25, 0.3) is 5.69 Å². The van der Waals surface area contributed by atoms with Crippen LogP contribution in [0.4, 0.5) is 0 Å². The van der Waals surface area contributed by atoms with E-state index in [2.05, 4.69) is 20.8 Å². The Morgan fingerprint density at radius 1 is 0.972 bits per heavy atom. The molecule has 0 saturated carbocycles. The standard InChI is InChI=1S/C25H24Cl3N5O2S/c1-2-34-23-13-17(12-22(28)24(23)35-16-18-8-9-19(26)14-21(18)27)15-29-10-11-36-25-30-31-32-33(25)20-6-4-3-5-7-20/h3-9,12-14,29H,2,10-11,15-16H2,1H3. The van der Waals surface area contributed by atoms with Gasteiger partial charge in [0.1, 0.15) is 6.61 Å². The number of aromatic nitrogens is 4. The van der Waals surface area contributed by atoms with Crippen LogP contribution < -0.4 is 14.8 Å². The molecule has 0 amide bonds. The van der Waals surface area contributed by atoms with Crippen LogP contribution in [-0.4, -0.2) is 39.1 Å². The first-order chi connectivity index (χ1) is 17.5. The number of para-hydroxylation sites is 1. The molecule has 0 aliphatic carbocycles. The van der Waals surface area contributed by atoms with Gasteiger partial charge < -0.3 is 14.8 Å². The number of thioether (sulfide) groups is 1. The first-order valence-corrected chi connectivity index (χ1v) is 13.4. The van der Waals surface area contributed by atoms with Crippen LogP contribution >= 0.6 is 46.6 Å². The molecule has 4 aromatic rings. The fourth-order valence-electron chi connectivity index (χ4n) is 3.36. The maximum atomic E-state index is 6.57. The van der Waals surface area contributed by atoms with Gasteiger partial charge in [0.25, 0.3) is 0 Å². The molecule has 188 valence electrons. The molecule has 3 aromatic carbocycles. The maximum Gasteiger partial charge on any atom is 0.214 e. The molecule has 0 fully saturated rings. The van der Waals surface area contributed by atoms with Crippen molar-refractivity contribution >= 4 is 46.6 Å². The Morgan fingerprint density at radius 3 is 2.58 bits per heavy atom. The summed E-state index contributed by atoms with van der Waals surface area (Å²) in [6.07, 6.45) is 0. The van der Waals surface area contributed by atoms with E-state index in [-0.39, 0.29) is 6.61 Å². The monoisotopic (exact) mass is 563 g/mol. The van der Waals surface area contributed by atoms with E-state index in [1.807, 2.05) is 55.5 Å². The van der Waals surface area contributed by atoms with E-state index in [1.165, 1.54) is 0 Å². The SMILES string of the molecule is CCOc1cc(CNCCSc2nnnn2-c2ccccc2)cc(Cl)c1OCc1ccc(Cl)cc1Cl. The second-order valence-electron chi connectivity index (χ2n) is 7.60. The van der Waals surface area contributed by atoms with E-state index < -0.39 is 0 Å². The zero-order chi connectivity index (χ0) is 25.3. The molecule has 0 unspecified atom stereocenters. The van der Waals surface area contributed by atoms with Gasteiger partial charge in [0, 0.05) is 34.5 Å². The van der Waals surface area contributed by atoms with Crippen LogP contribution in [0.2, 0.25) is 15.1 Å². The van der Waals surface area contributed by atoms with Crippen LogP contribution in [0.15, 0.2) is 65.8 Å². The summed E-state index contributed by atoms with van der Waals surface area (Å²) in [5.41, 5.74) is 2.72. The summed E-state index contributed by atoms with van der Waals surface area (Å²) in [7, 11) is 0. The molecule has 0 atom stereocenters. The molecule has 0 aliphatic heterocycles. The predicted molar refractivity (Wildman–Crippen MR) is 145 cm³/mol. The van der Waals surface area contributed by atoms with Gasteiger partial charge in [0.15, 0.2) is 11.5 Å². The van der Waals surface area contributed by atoms with Crippen LogP contribution in [-0.2, 0) is 13.2 Å². The Kier molecular flexibility index (Phi) is 9.72. The minimum Gasteiger partial charge on any atom is -0.490 e. The summed E-state index contributed by atoms with van der Waals surface area (Å²) in [6, 6.07) is 18.9. The molecule has 7 nitrogen and oxygen atoms in total. The van der Waals surface area contributed by atoms with E-state index in [0.29, 0.717) is 39.7 Å². The van der Waals surface area contributed by atoms with Crippen molar-refractivity contribution in [1.82, 2.24) is 25.5 Å². The van der Waals surface area contributed by atoms with Gasteiger partial charge in [-0.1, -0.05) is 70.8 Å². The highest BCUT2D eigenvalue weighted by Gasteiger charge is 2.14. The average molecular weight is 565 g/mol. The van der Waals surface area contributed by atoms with Gasteiger partial charge in [0.2, 0.25) is 5.16 Å². The second-order valence-corrected chi connectivity index (χ2v) is 9.91. The van der Waals surface area contributed by atoms with Crippen molar-refractivity contribution in [3.05, 3.63) is 86.9 Å². The number of hydrogen-bond acceptors (Lipinski definition) is 7. The topological polar surface area (TPSA) is 74.1 Å². The summed E-state index contributed by atoms with van der Waals surface area (Å²) < 4.78 is 13.5. The Labute approximate surface area is 229 Å². The van der Waals surface area contributed by atoms with Crippen molar-refractivity contribution in [3.63, 3.8) is 0 Å². The quantitative estimate of drug-likeness (QED) is 0.156. The molecule has 1 N–H and O–H groups in total. The minimum atomic E-state index is 0.243. The maximum absolute atomic E-state index is 6.57. The molecule has 0 bridgehead atoms. The Bertz CT molecular complexity index is 1290. The zero-order valence-electron chi connectivity index (χ0n) is 19.5. The molecule has 0 radical (unpaired) electrons. The molecule has 0 aliphatic rings. The van der Waals surface area contributed by atoms with E-state index in [1.54, 1.807) is 28.6 Å². The minimum absolute atomic E-state index is 0.243. The lowest BCUT2D eigenvalue weighted by Gasteiger charge is -2.16. The van der Waals surface area contributed by atoms with E-state index in [4.69, 9.17) is 44.3 Å². The third kappa shape index (κ3) is 7.05. The first kappa shape index (κ1) is 26.6. The van der Waals surface area contributed by atoms with Gasteiger partial charge in [0.05, 0.1) is 17.3 Å². The Balaban J connectivity index is 1.32. The first-order valence-electron chi connectivity index (χ1n) is 11.2. The molecule has 4 rings (SSSR count). The number of tetrazole rings is 1. The smallest absolute Gasteiger partial charge is 0.214 e. The number of nitrogens with one attached hydrogen (secondary N) is 1. The van der Waals surface area contributed by atoms with Crippen LogP contribution in [0, 0.1) is 0 Å². The normalized spacial score (nSPS) is 11.0. The summed E-state index contributed by atoms with van der Waals surface area (Å²) in [5.74, 6) is 1.86. The Hall–Kier alpha value is -2.49. The highest BCUT2D eigenvalue weighted by atomic mass is 35.5. The van der Waals surface area contributed by atoms with Crippen molar-refractivity contribution in [3.8, 4) is 17.2 Å². The highest BCUT2D eigenvalue weighted by molar-refractivity contribution is 7.99. The summed E-state index contributed by atoms with van der Waals surface area (Å²) in [5, 5.41) is 17.8. The third-order valence-corrected chi connectivity index (χ3v) is 6.83. The van der Waals surface area contributed by atoms with Gasteiger partial charge in [-0.15, -0.1) is 5.10 Å². The average Bonchev–Trinajstić information content (AvgIpc) is 3.34. The van der Waals surface area contributed by atoms with Gasteiger partial charge in [-0.25, -0.2) is 0 Å². The lowest BCUT2D eigenvalue weighted by molar-refractivity contribution is 0.269. The van der Waals surface area contributed by atoms with Crippen molar-refractivity contribution < 1.29 is 9.47 Å². The van der Waals surface area contributed by atoms with Crippen molar-refractivity contribution in [1.29, 1.82) is 0 Å².